The number of rotatable bonds is 5. The number of para-hydroxylation sites is 1. The Kier molecular flexibility index (Phi) is 5.41. The molecule has 4 rings (SSSR count). The number of amides is 1. The fourth-order valence-corrected chi connectivity index (χ4v) is 4.20. The van der Waals surface area contributed by atoms with Crippen LogP contribution in [-0.2, 0) is 9.59 Å². The first-order valence-electron chi connectivity index (χ1n) is 10.4. The number of aromatic amines is 1. The average molecular weight is 418 g/mol. The van der Waals surface area contributed by atoms with Gasteiger partial charge in [0.05, 0.1) is 11.6 Å². The minimum absolute atomic E-state index is 0.123. The van der Waals surface area contributed by atoms with Crippen LogP contribution >= 0.6 is 0 Å². The Bertz CT molecular complexity index is 1210. The van der Waals surface area contributed by atoms with Gasteiger partial charge in [0.2, 0.25) is 0 Å². The number of aromatic nitrogens is 1. The Morgan fingerprint density at radius 2 is 1.87 bits per heavy atom. The number of aliphatic hydroxyl groups excluding tert-OH is 1. The Morgan fingerprint density at radius 3 is 2.61 bits per heavy atom. The van der Waals surface area contributed by atoms with Gasteiger partial charge < -0.3 is 19.9 Å². The van der Waals surface area contributed by atoms with Crippen LogP contribution in [0.15, 0.2) is 54.2 Å². The zero-order valence-electron chi connectivity index (χ0n) is 18.3. The van der Waals surface area contributed by atoms with Gasteiger partial charge in [-0.05, 0) is 45.6 Å². The van der Waals surface area contributed by atoms with Crippen molar-refractivity contribution in [3.05, 3.63) is 76.5 Å². The molecule has 1 aromatic heterocycles. The number of H-pyrrole nitrogens is 1. The SMILES string of the molecule is Cc1ccc(C)c(/C(O)=C2\C(=O)C(=O)N(CCN(C)C)C2c2c[nH]c3ccccc23)c1. The van der Waals surface area contributed by atoms with E-state index in [-0.39, 0.29) is 11.3 Å². The maximum absolute atomic E-state index is 13.2. The van der Waals surface area contributed by atoms with Crippen LogP contribution in [0.3, 0.4) is 0 Å². The largest absolute Gasteiger partial charge is 0.507 e. The molecule has 2 N–H and O–H groups in total. The molecule has 1 unspecified atom stereocenters. The summed E-state index contributed by atoms with van der Waals surface area (Å²) < 4.78 is 0. The number of ketones is 1. The van der Waals surface area contributed by atoms with Crippen LogP contribution in [0.25, 0.3) is 16.7 Å². The first-order valence-corrected chi connectivity index (χ1v) is 10.4. The second-order valence-electron chi connectivity index (χ2n) is 8.40. The van der Waals surface area contributed by atoms with E-state index in [1.807, 2.05) is 81.5 Å². The summed E-state index contributed by atoms with van der Waals surface area (Å²) in [5.74, 6) is -1.35. The van der Waals surface area contributed by atoms with Crippen LogP contribution in [-0.4, -0.2) is 58.8 Å². The zero-order chi connectivity index (χ0) is 22.3. The molecule has 6 nitrogen and oxygen atoms in total. The van der Waals surface area contributed by atoms with Crippen molar-refractivity contribution in [3.63, 3.8) is 0 Å². The second-order valence-corrected chi connectivity index (χ2v) is 8.40. The van der Waals surface area contributed by atoms with E-state index in [0.717, 1.165) is 27.6 Å². The van der Waals surface area contributed by atoms with Crippen molar-refractivity contribution in [3.8, 4) is 0 Å². The molecule has 6 heteroatoms. The molecule has 0 saturated carbocycles. The maximum Gasteiger partial charge on any atom is 0.295 e. The Morgan fingerprint density at radius 1 is 1.13 bits per heavy atom. The van der Waals surface area contributed by atoms with Gasteiger partial charge in [-0.25, -0.2) is 0 Å². The number of Topliss-reactive ketones (excluding diaryl/α,β-unsaturated/α-hetero) is 1. The number of aliphatic hydroxyl groups is 1. The van der Waals surface area contributed by atoms with Gasteiger partial charge >= 0.3 is 0 Å². The lowest BCUT2D eigenvalue weighted by atomic mass is 9.93. The molecule has 2 aromatic carbocycles. The molecule has 0 bridgehead atoms. The number of carbonyl (C=O) groups is 2. The van der Waals surface area contributed by atoms with Crippen molar-refractivity contribution < 1.29 is 14.7 Å². The number of hydrogen-bond acceptors (Lipinski definition) is 4. The van der Waals surface area contributed by atoms with Crippen LogP contribution in [0.1, 0.15) is 28.3 Å². The number of likely N-dealkylation sites (N-methyl/N-ethyl adjacent to an activating group) is 1. The topological polar surface area (TPSA) is 76.6 Å². The fourth-order valence-electron chi connectivity index (χ4n) is 4.20. The molecule has 0 spiro atoms. The number of carbonyl (C=O) groups excluding carboxylic acids is 2. The van der Waals surface area contributed by atoms with Gasteiger partial charge in [-0.2, -0.15) is 0 Å². The summed E-state index contributed by atoms with van der Waals surface area (Å²) in [6.07, 6.45) is 1.83. The lowest BCUT2D eigenvalue weighted by Crippen LogP contribution is -2.35. The standard InChI is InChI=1S/C25H27N3O3/c1-15-9-10-16(2)18(13-15)23(29)21-22(19-14-26-20-8-6-5-7-17(19)20)28(12-11-27(3)4)25(31)24(21)30/h5-10,13-14,22,26,29H,11-12H2,1-4H3/b23-21+. The van der Waals surface area contributed by atoms with Gasteiger partial charge in [0, 0.05) is 41.3 Å². The highest BCUT2D eigenvalue weighted by Gasteiger charge is 2.46. The Hall–Kier alpha value is -3.38. The van der Waals surface area contributed by atoms with E-state index < -0.39 is 17.7 Å². The van der Waals surface area contributed by atoms with Crippen molar-refractivity contribution in [2.75, 3.05) is 27.2 Å². The molecule has 31 heavy (non-hydrogen) atoms. The third-order valence-corrected chi connectivity index (χ3v) is 5.89. The third-order valence-electron chi connectivity index (χ3n) is 5.89. The summed E-state index contributed by atoms with van der Waals surface area (Å²) in [5.41, 5.74) is 4.26. The molecule has 1 fully saturated rings. The van der Waals surface area contributed by atoms with E-state index in [1.54, 1.807) is 4.90 Å². The predicted octanol–water partition coefficient (Wildman–Crippen LogP) is 3.77. The summed E-state index contributed by atoms with van der Waals surface area (Å²) in [5, 5.41) is 12.2. The van der Waals surface area contributed by atoms with Crippen LogP contribution in [0.5, 0.6) is 0 Å². The number of fused-ring (bicyclic) bond motifs is 1. The fraction of sp³-hybridized carbons (Fsp3) is 0.280. The van der Waals surface area contributed by atoms with E-state index in [4.69, 9.17) is 0 Å². The molecule has 1 saturated heterocycles. The highest BCUT2D eigenvalue weighted by Crippen LogP contribution is 2.42. The van der Waals surface area contributed by atoms with Crippen molar-refractivity contribution in [1.82, 2.24) is 14.8 Å². The molecule has 160 valence electrons. The van der Waals surface area contributed by atoms with Crippen LogP contribution < -0.4 is 0 Å². The summed E-state index contributed by atoms with van der Waals surface area (Å²) in [7, 11) is 3.85. The molecule has 0 aliphatic carbocycles. The van der Waals surface area contributed by atoms with Gasteiger partial charge in [0.1, 0.15) is 5.76 Å². The van der Waals surface area contributed by atoms with Gasteiger partial charge in [0.25, 0.3) is 11.7 Å². The third kappa shape index (κ3) is 3.64. The highest BCUT2D eigenvalue weighted by molar-refractivity contribution is 6.46. The molecule has 1 atom stereocenters. The summed E-state index contributed by atoms with van der Waals surface area (Å²) >= 11 is 0. The number of nitrogens with one attached hydrogen (secondary N) is 1. The van der Waals surface area contributed by atoms with Crippen LogP contribution in [0.4, 0.5) is 0 Å². The van der Waals surface area contributed by atoms with E-state index in [1.165, 1.54) is 0 Å². The molecule has 3 aromatic rings. The maximum atomic E-state index is 13.2. The molecule has 1 amide bonds. The quantitative estimate of drug-likeness (QED) is 0.376. The summed E-state index contributed by atoms with van der Waals surface area (Å²) in [6, 6.07) is 12.8. The average Bonchev–Trinajstić information content (AvgIpc) is 3.27. The minimum Gasteiger partial charge on any atom is -0.507 e. The van der Waals surface area contributed by atoms with Crippen LogP contribution in [0, 0.1) is 13.8 Å². The predicted molar refractivity (Wildman–Crippen MR) is 122 cm³/mol. The summed E-state index contributed by atoms with van der Waals surface area (Å²) in [4.78, 5) is 33.0. The molecule has 1 aliphatic rings. The molecule has 2 heterocycles. The second kappa shape index (κ2) is 8.04. The van der Waals surface area contributed by atoms with Crippen molar-refractivity contribution in [2.24, 2.45) is 0 Å². The first-order chi connectivity index (χ1) is 14.8. The smallest absolute Gasteiger partial charge is 0.295 e. The number of nitrogens with zero attached hydrogens (tertiary/aromatic N) is 2. The Balaban J connectivity index is 1.94. The van der Waals surface area contributed by atoms with E-state index in [2.05, 4.69) is 4.98 Å². The first kappa shape index (κ1) is 20.9. The van der Waals surface area contributed by atoms with E-state index >= 15 is 0 Å². The van der Waals surface area contributed by atoms with Crippen molar-refractivity contribution in [2.45, 2.75) is 19.9 Å². The van der Waals surface area contributed by atoms with E-state index in [0.29, 0.717) is 18.7 Å². The molecule has 0 radical (unpaired) electrons. The molecular weight excluding hydrogens is 390 g/mol. The highest BCUT2D eigenvalue weighted by atomic mass is 16.3. The lowest BCUT2D eigenvalue weighted by Gasteiger charge is -2.26. The van der Waals surface area contributed by atoms with Crippen molar-refractivity contribution in [1.29, 1.82) is 0 Å². The van der Waals surface area contributed by atoms with Gasteiger partial charge in [-0.15, -0.1) is 0 Å². The molecular formula is C25H27N3O3. The number of hydrogen-bond donors (Lipinski definition) is 2. The normalized spacial score (nSPS) is 18.5. The summed E-state index contributed by atoms with van der Waals surface area (Å²) in [6.45, 7) is 4.81. The minimum atomic E-state index is -0.656. The Labute approximate surface area is 181 Å². The van der Waals surface area contributed by atoms with Crippen LogP contribution in [0.2, 0.25) is 0 Å². The lowest BCUT2D eigenvalue weighted by molar-refractivity contribution is -0.140. The van der Waals surface area contributed by atoms with Crippen molar-refractivity contribution >= 4 is 28.4 Å². The molecule has 1 aliphatic heterocycles. The monoisotopic (exact) mass is 417 g/mol. The van der Waals surface area contributed by atoms with Gasteiger partial charge in [0.15, 0.2) is 0 Å². The van der Waals surface area contributed by atoms with Gasteiger partial charge in [-0.3, -0.25) is 9.59 Å². The zero-order valence-corrected chi connectivity index (χ0v) is 18.3. The number of likely N-dealkylation sites (tertiary alicyclic amines) is 1. The number of aryl methyl sites for hydroxylation is 2. The van der Waals surface area contributed by atoms with Gasteiger partial charge in [-0.1, -0.05) is 35.9 Å². The van der Waals surface area contributed by atoms with E-state index in [9.17, 15) is 14.7 Å². The number of benzene rings is 2.